The summed E-state index contributed by atoms with van der Waals surface area (Å²) in [4.78, 5) is 2.38. The Bertz CT molecular complexity index is 747. The number of hydrogen-bond donors (Lipinski definition) is 2. The van der Waals surface area contributed by atoms with Crippen LogP contribution >= 0.6 is 0 Å². The van der Waals surface area contributed by atoms with E-state index in [1.54, 1.807) is 0 Å². The molecule has 0 aliphatic carbocycles. The quantitative estimate of drug-likeness (QED) is 0.694. The van der Waals surface area contributed by atoms with Gasteiger partial charge in [-0.2, -0.15) is 5.26 Å². The summed E-state index contributed by atoms with van der Waals surface area (Å²) >= 11 is 0. The molecule has 0 bridgehead atoms. The summed E-state index contributed by atoms with van der Waals surface area (Å²) in [6.45, 7) is 9.41. The highest BCUT2D eigenvalue weighted by Gasteiger charge is 2.23. The zero-order valence-electron chi connectivity index (χ0n) is 17.2. The number of phenols is 1. The van der Waals surface area contributed by atoms with E-state index < -0.39 is 0 Å². The van der Waals surface area contributed by atoms with Crippen molar-refractivity contribution in [3.05, 3.63) is 46.3 Å². The number of aromatic hydroxyl groups is 1. The predicted molar refractivity (Wildman–Crippen MR) is 112 cm³/mol. The Morgan fingerprint density at radius 1 is 1.41 bits per heavy atom. The van der Waals surface area contributed by atoms with Gasteiger partial charge in [-0.1, -0.05) is 32.8 Å². The highest BCUT2D eigenvalue weighted by molar-refractivity contribution is 5.74. The van der Waals surface area contributed by atoms with Crippen molar-refractivity contribution in [2.24, 2.45) is 5.73 Å². The normalized spacial score (nSPS) is 16.4. The molecule has 0 saturated heterocycles. The van der Waals surface area contributed by atoms with Gasteiger partial charge in [-0.15, -0.1) is 0 Å². The number of benzene rings is 1. The minimum Gasteiger partial charge on any atom is -0.507 e. The average molecular weight is 368 g/mol. The Balaban J connectivity index is 2.36. The lowest BCUT2D eigenvalue weighted by Gasteiger charge is -2.37. The second kappa shape index (κ2) is 9.50. The summed E-state index contributed by atoms with van der Waals surface area (Å²) in [5.41, 5.74) is 10.9. The third-order valence-corrected chi connectivity index (χ3v) is 5.52. The third-order valence-electron chi connectivity index (χ3n) is 5.52. The smallest absolute Gasteiger partial charge is 0.124 e. The number of hydrogen-bond acceptors (Lipinski definition) is 4. The molecule has 4 heteroatoms. The number of nitrogens with zero attached hydrogens (tertiary/aromatic N) is 2. The highest BCUT2D eigenvalue weighted by Crippen LogP contribution is 2.33. The molecule has 1 aromatic rings. The van der Waals surface area contributed by atoms with Crippen LogP contribution in [0.15, 0.2) is 29.6 Å². The molecule has 3 N–H and O–H groups in total. The van der Waals surface area contributed by atoms with Crippen LogP contribution in [0.4, 0.5) is 0 Å². The molecule has 146 valence electrons. The Labute approximate surface area is 164 Å². The maximum absolute atomic E-state index is 10.4. The van der Waals surface area contributed by atoms with E-state index in [4.69, 9.17) is 11.0 Å². The van der Waals surface area contributed by atoms with Crippen LogP contribution in [-0.4, -0.2) is 22.6 Å². The molecule has 1 atom stereocenters. The SMILES string of the molecule is CCCC[C@H](CC)N1CCCC(/C=C(\C)c2c(C)cc(C#N)cc2O)=C1N. The molecule has 0 unspecified atom stereocenters. The monoisotopic (exact) mass is 367 g/mol. The molecule has 27 heavy (non-hydrogen) atoms. The van der Waals surface area contributed by atoms with Gasteiger partial charge in [-0.25, -0.2) is 0 Å². The van der Waals surface area contributed by atoms with Gasteiger partial charge in [0.2, 0.25) is 0 Å². The molecule has 1 heterocycles. The molecule has 0 saturated carbocycles. The summed E-state index contributed by atoms with van der Waals surface area (Å²) < 4.78 is 0. The maximum atomic E-state index is 10.4. The molecular formula is C23H33N3O. The summed E-state index contributed by atoms with van der Waals surface area (Å²) in [7, 11) is 0. The number of unbranched alkanes of at least 4 members (excludes halogenated alkanes) is 1. The van der Waals surface area contributed by atoms with Gasteiger partial charge in [0, 0.05) is 18.2 Å². The number of aryl methyl sites for hydroxylation is 1. The number of phenolic OH excluding ortho intramolecular Hbond substituents is 1. The molecular weight excluding hydrogens is 334 g/mol. The Hall–Kier alpha value is -2.41. The van der Waals surface area contributed by atoms with Gasteiger partial charge in [0.25, 0.3) is 0 Å². The van der Waals surface area contributed by atoms with E-state index in [0.29, 0.717) is 11.6 Å². The number of allylic oxidation sites excluding steroid dienone is 3. The van der Waals surface area contributed by atoms with E-state index in [0.717, 1.165) is 53.9 Å². The molecule has 0 radical (unpaired) electrons. The van der Waals surface area contributed by atoms with E-state index >= 15 is 0 Å². The first-order valence-corrected chi connectivity index (χ1v) is 10.1. The van der Waals surface area contributed by atoms with E-state index in [9.17, 15) is 5.11 Å². The van der Waals surface area contributed by atoms with Crippen LogP contribution in [0.5, 0.6) is 5.75 Å². The van der Waals surface area contributed by atoms with Gasteiger partial charge in [0.1, 0.15) is 11.6 Å². The fourth-order valence-corrected chi connectivity index (χ4v) is 4.10. The first-order chi connectivity index (χ1) is 12.9. The molecule has 0 aromatic heterocycles. The van der Waals surface area contributed by atoms with Crippen LogP contribution in [0.1, 0.15) is 76.0 Å². The zero-order chi connectivity index (χ0) is 20.0. The molecule has 0 spiro atoms. The molecule has 0 fully saturated rings. The topological polar surface area (TPSA) is 73.3 Å². The van der Waals surface area contributed by atoms with Gasteiger partial charge in [-0.05, 0) is 68.4 Å². The van der Waals surface area contributed by atoms with Crippen molar-refractivity contribution in [1.29, 1.82) is 5.26 Å². The Morgan fingerprint density at radius 3 is 2.74 bits per heavy atom. The molecule has 1 aromatic carbocycles. The lowest BCUT2D eigenvalue weighted by atomic mass is 9.94. The van der Waals surface area contributed by atoms with Gasteiger partial charge >= 0.3 is 0 Å². The average Bonchev–Trinajstić information content (AvgIpc) is 2.64. The summed E-state index contributed by atoms with van der Waals surface area (Å²) in [6.07, 6.45) is 8.89. The fourth-order valence-electron chi connectivity index (χ4n) is 4.10. The summed E-state index contributed by atoms with van der Waals surface area (Å²) in [5.74, 6) is 1.04. The van der Waals surface area contributed by atoms with Crippen LogP contribution in [0.25, 0.3) is 5.57 Å². The predicted octanol–water partition coefficient (Wildman–Crippen LogP) is 5.21. The Morgan fingerprint density at radius 2 is 2.15 bits per heavy atom. The van der Waals surface area contributed by atoms with Crippen molar-refractivity contribution < 1.29 is 5.11 Å². The standard InChI is InChI=1S/C23H33N3O/c1-5-7-10-20(6-2)26-11-8-9-19(23(26)25)13-17(4)22-16(3)12-18(15-24)14-21(22)27/h12-14,20,27H,5-11,25H2,1-4H3/b17-13+/t20-/m0/s1. The minimum absolute atomic E-state index is 0.154. The van der Waals surface area contributed by atoms with Gasteiger partial charge in [0.05, 0.1) is 11.6 Å². The first-order valence-electron chi connectivity index (χ1n) is 10.1. The molecule has 0 amide bonds. The van der Waals surface area contributed by atoms with E-state index in [1.165, 1.54) is 25.3 Å². The second-order valence-corrected chi connectivity index (χ2v) is 7.54. The van der Waals surface area contributed by atoms with Crippen molar-refractivity contribution in [1.82, 2.24) is 4.90 Å². The fraction of sp³-hybridized carbons (Fsp3) is 0.522. The third kappa shape index (κ3) is 4.86. The number of rotatable bonds is 7. The van der Waals surface area contributed by atoms with Crippen LogP contribution in [0.3, 0.4) is 0 Å². The van der Waals surface area contributed by atoms with Crippen molar-refractivity contribution in [2.45, 2.75) is 72.3 Å². The van der Waals surface area contributed by atoms with Crippen molar-refractivity contribution >= 4 is 5.57 Å². The highest BCUT2D eigenvalue weighted by atomic mass is 16.3. The second-order valence-electron chi connectivity index (χ2n) is 7.54. The van der Waals surface area contributed by atoms with Crippen molar-refractivity contribution in [3.8, 4) is 11.8 Å². The van der Waals surface area contributed by atoms with E-state index in [2.05, 4.69) is 30.9 Å². The first kappa shape index (κ1) is 20.9. The van der Waals surface area contributed by atoms with Gasteiger partial charge in [-0.3, -0.25) is 0 Å². The summed E-state index contributed by atoms with van der Waals surface area (Å²) in [5, 5.41) is 19.5. The van der Waals surface area contributed by atoms with Crippen LogP contribution in [0.2, 0.25) is 0 Å². The van der Waals surface area contributed by atoms with Crippen molar-refractivity contribution in [3.63, 3.8) is 0 Å². The minimum atomic E-state index is 0.154. The van der Waals surface area contributed by atoms with E-state index in [1.807, 2.05) is 19.9 Å². The molecule has 1 aliphatic heterocycles. The zero-order valence-corrected chi connectivity index (χ0v) is 17.2. The molecule has 2 rings (SSSR count). The Kier molecular flexibility index (Phi) is 7.36. The number of nitriles is 1. The summed E-state index contributed by atoms with van der Waals surface area (Å²) in [6, 6.07) is 5.93. The number of nitrogens with two attached hydrogens (primary N) is 1. The van der Waals surface area contributed by atoms with Crippen LogP contribution in [-0.2, 0) is 0 Å². The molecule has 1 aliphatic rings. The van der Waals surface area contributed by atoms with Gasteiger partial charge < -0.3 is 15.7 Å². The largest absolute Gasteiger partial charge is 0.507 e. The van der Waals surface area contributed by atoms with Crippen molar-refractivity contribution in [2.75, 3.05) is 6.54 Å². The van der Waals surface area contributed by atoms with Crippen LogP contribution in [0, 0.1) is 18.3 Å². The lowest BCUT2D eigenvalue weighted by molar-refractivity contribution is 0.212. The maximum Gasteiger partial charge on any atom is 0.124 e. The molecule has 4 nitrogen and oxygen atoms in total. The van der Waals surface area contributed by atoms with E-state index in [-0.39, 0.29) is 5.75 Å². The van der Waals surface area contributed by atoms with Crippen LogP contribution < -0.4 is 5.73 Å². The van der Waals surface area contributed by atoms with Gasteiger partial charge in [0.15, 0.2) is 0 Å². The lowest BCUT2D eigenvalue weighted by Crippen LogP contribution is -2.41.